The Hall–Kier alpha value is -0.630. The molecule has 0 spiro atoms. The van der Waals surface area contributed by atoms with E-state index >= 15 is 0 Å². The van der Waals surface area contributed by atoms with Gasteiger partial charge in [0.25, 0.3) is 0 Å². The molecule has 0 saturated heterocycles. The van der Waals surface area contributed by atoms with Crippen molar-refractivity contribution >= 4 is 11.8 Å². The monoisotopic (exact) mass is 224 g/mol. The summed E-state index contributed by atoms with van der Waals surface area (Å²) in [6, 6.07) is 8.30. The minimum absolute atomic E-state index is 0.837. The summed E-state index contributed by atoms with van der Waals surface area (Å²) >= 11 is 1.97. The predicted molar refractivity (Wildman–Crippen MR) is 68.9 cm³/mol. The topological polar surface area (TPSA) is 9.23 Å². The summed E-state index contributed by atoms with van der Waals surface area (Å²) in [6.07, 6.45) is 2.18. The van der Waals surface area contributed by atoms with Crippen molar-refractivity contribution in [3.63, 3.8) is 0 Å². The van der Waals surface area contributed by atoms with Crippen LogP contribution in [0.15, 0.2) is 24.3 Å². The van der Waals surface area contributed by atoms with Crippen molar-refractivity contribution in [2.75, 3.05) is 18.1 Å². The average Bonchev–Trinajstić information content (AvgIpc) is 2.29. The summed E-state index contributed by atoms with van der Waals surface area (Å²) < 4.78 is 5.76. The number of hydrogen-bond donors (Lipinski definition) is 0. The molecule has 1 nitrogen and oxygen atoms in total. The second-order valence-corrected chi connectivity index (χ2v) is 4.75. The lowest BCUT2D eigenvalue weighted by Gasteiger charge is -2.09. The van der Waals surface area contributed by atoms with E-state index in [1.165, 1.54) is 17.1 Å². The van der Waals surface area contributed by atoms with Crippen LogP contribution in [0.2, 0.25) is 0 Å². The summed E-state index contributed by atoms with van der Waals surface area (Å²) in [5.74, 6) is 3.46. The Balaban J connectivity index is 2.30. The Bertz CT molecular complexity index is 273. The lowest BCUT2D eigenvalue weighted by atomic mass is 10.1. The Labute approximate surface area is 97.2 Å². The van der Waals surface area contributed by atoms with Crippen molar-refractivity contribution in [1.82, 2.24) is 0 Å². The van der Waals surface area contributed by atoms with Crippen LogP contribution in [-0.2, 0) is 6.42 Å². The number of ether oxygens (including phenoxy) is 1. The largest absolute Gasteiger partial charge is 0.493 e. The van der Waals surface area contributed by atoms with Gasteiger partial charge in [0.15, 0.2) is 0 Å². The normalized spacial score (nSPS) is 10.3. The number of aryl methyl sites for hydroxylation is 1. The number of rotatable bonds is 7. The Morgan fingerprint density at radius 3 is 2.73 bits per heavy atom. The van der Waals surface area contributed by atoms with Gasteiger partial charge in [-0.05, 0) is 36.0 Å². The third-order valence-corrected chi connectivity index (χ3v) is 3.23. The molecule has 0 heterocycles. The van der Waals surface area contributed by atoms with Gasteiger partial charge in [0, 0.05) is 0 Å². The van der Waals surface area contributed by atoms with Gasteiger partial charge in [0.2, 0.25) is 0 Å². The number of para-hydroxylation sites is 1. The van der Waals surface area contributed by atoms with Gasteiger partial charge in [-0.2, -0.15) is 11.8 Å². The van der Waals surface area contributed by atoms with Gasteiger partial charge >= 0.3 is 0 Å². The maximum atomic E-state index is 5.76. The fourth-order valence-electron chi connectivity index (χ4n) is 1.42. The highest BCUT2D eigenvalue weighted by atomic mass is 32.2. The van der Waals surface area contributed by atoms with E-state index in [2.05, 4.69) is 32.0 Å². The van der Waals surface area contributed by atoms with E-state index < -0.39 is 0 Å². The van der Waals surface area contributed by atoms with Gasteiger partial charge in [0.05, 0.1) is 6.61 Å². The zero-order valence-electron chi connectivity index (χ0n) is 9.66. The van der Waals surface area contributed by atoms with Crippen molar-refractivity contribution < 1.29 is 4.74 Å². The molecular formula is C13H20OS. The predicted octanol–water partition coefficient (Wildman–Crippen LogP) is 3.77. The molecule has 1 rings (SSSR count). The molecule has 0 amide bonds. The highest BCUT2D eigenvalue weighted by Crippen LogP contribution is 2.18. The third-order valence-electron chi connectivity index (χ3n) is 2.25. The zero-order chi connectivity index (χ0) is 10.9. The molecule has 15 heavy (non-hydrogen) atoms. The van der Waals surface area contributed by atoms with Crippen LogP contribution in [0.1, 0.15) is 25.8 Å². The van der Waals surface area contributed by atoms with Crippen molar-refractivity contribution in [3.8, 4) is 5.75 Å². The second kappa shape index (κ2) is 7.63. The Morgan fingerprint density at radius 2 is 2.00 bits per heavy atom. The Morgan fingerprint density at radius 1 is 1.20 bits per heavy atom. The highest BCUT2D eigenvalue weighted by molar-refractivity contribution is 7.99. The van der Waals surface area contributed by atoms with Crippen LogP contribution in [0.5, 0.6) is 5.75 Å². The van der Waals surface area contributed by atoms with Gasteiger partial charge in [-0.3, -0.25) is 0 Å². The molecule has 0 N–H and O–H groups in total. The van der Waals surface area contributed by atoms with E-state index in [0.29, 0.717) is 0 Å². The molecule has 0 aliphatic carbocycles. The van der Waals surface area contributed by atoms with Crippen LogP contribution in [0.25, 0.3) is 0 Å². The average molecular weight is 224 g/mol. The molecule has 2 heteroatoms. The van der Waals surface area contributed by atoms with Gasteiger partial charge in [0.1, 0.15) is 5.75 Å². The molecule has 1 aromatic rings. The first-order valence-corrected chi connectivity index (χ1v) is 6.82. The van der Waals surface area contributed by atoms with E-state index in [1.807, 2.05) is 17.8 Å². The van der Waals surface area contributed by atoms with Gasteiger partial charge in [-0.1, -0.05) is 32.0 Å². The van der Waals surface area contributed by atoms with Crippen LogP contribution in [0.3, 0.4) is 0 Å². The smallest absolute Gasteiger partial charge is 0.122 e. The van der Waals surface area contributed by atoms with Crippen molar-refractivity contribution in [2.45, 2.75) is 26.7 Å². The minimum atomic E-state index is 0.837. The summed E-state index contributed by atoms with van der Waals surface area (Å²) in [5, 5.41) is 0. The SMILES string of the molecule is CCSCCCOc1ccccc1CC. The maximum absolute atomic E-state index is 5.76. The lowest BCUT2D eigenvalue weighted by molar-refractivity contribution is 0.315. The summed E-state index contributed by atoms with van der Waals surface area (Å²) in [4.78, 5) is 0. The zero-order valence-corrected chi connectivity index (χ0v) is 10.5. The number of hydrogen-bond acceptors (Lipinski definition) is 2. The molecule has 0 saturated carbocycles. The summed E-state index contributed by atoms with van der Waals surface area (Å²) in [7, 11) is 0. The van der Waals surface area contributed by atoms with Crippen molar-refractivity contribution in [1.29, 1.82) is 0 Å². The van der Waals surface area contributed by atoms with Gasteiger partial charge < -0.3 is 4.74 Å². The van der Waals surface area contributed by atoms with Crippen LogP contribution in [-0.4, -0.2) is 18.1 Å². The maximum Gasteiger partial charge on any atom is 0.122 e. The first-order valence-electron chi connectivity index (χ1n) is 5.67. The third kappa shape index (κ3) is 4.61. The van der Waals surface area contributed by atoms with Crippen LogP contribution >= 0.6 is 11.8 Å². The highest BCUT2D eigenvalue weighted by Gasteiger charge is 1.99. The molecule has 0 unspecified atom stereocenters. The van der Waals surface area contributed by atoms with Crippen LogP contribution < -0.4 is 4.74 Å². The Kier molecular flexibility index (Phi) is 6.33. The fourth-order valence-corrected chi connectivity index (χ4v) is 2.03. The molecule has 0 aliphatic rings. The van der Waals surface area contributed by atoms with Gasteiger partial charge in [-0.25, -0.2) is 0 Å². The summed E-state index contributed by atoms with van der Waals surface area (Å²) in [5.41, 5.74) is 1.31. The van der Waals surface area contributed by atoms with E-state index in [1.54, 1.807) is 0 Å². The molecule has 84 valence electrons. The van der Waals surface area contributed by atoms with Crippen molar-refractivity contribution in [2.24, 2.45) is 0 Å². The van der Waals surface area contributed by atoms with E-state index in [-0.39, 0.29) is 0 Å². The lowest BCUT2D eigenvalue weighted by Crippen LogP contribution is -2.01. The number of thioether (sulfide) groups is 1. The molecule has 0 atom stereocenters. The minimum Gasteiger partial charge on any atom is -0.493 e. The van der Waals surface area contributed by atoms with Crippen LogP contribution in [0.4, 0.5) is 0 Å². The molecule has 0 radical (unpaired) electrons. The van der Waals surface area contributed by atoms with Gasteiger partial charge in [-0.15, -0.1) is 0 Å². The molecule has 1 aromatic carbocycles. The molecular weight excluding hydrogens is 204 g/mol. The van der Waals surface area contributed by atoms with E-state index in [4.69, 9.17) is 4.74 Å². The first-order chi connectivity index (χ1) is 7.38. The number of benzene rings is 1. The molecule has 0 fully saturated rings. The first kappa shape index (κ1) is 12.4. The van der Waals surface area contributed by atoms with Crippen LogP contribution in [0, 0.1) is 0 Å². The second-order valence-electron chi connectivity index (χ2n) is 3.36. The molecule has 0 bridgehead atoms. The fraction of sp³-hybridized carbons (Fsp3) is 0.538. The molecule has 0 aliphatic heterocycles. The van der Waals surface area contributed by atoms with E-state index in [0.717, 1.165) is 25.2 Å². The molecule has 0 aromatic heterocycles. The van der Waals surface area contributed by atoms with E-state index in [9.17, 15) is 0 Å². The standard InChI is InChI=1S/C13H20OS/c1-3-12-8-5-6-9-13(12)14-10-7-11-15-4-2/h5-6,8-9H,3-4,7,10-11H2,1-2H3. The quantitative estimate of drug-likeness (QED) is 0.652. The summed E-state index contributed by atoms with van der Waals surface area (Å²) in [6.45, 7) is 5.19. The van der Waals surface area contributed by atoms with Crippen molar-refractivity contribution in [3.05, 3.63) is 29.8 Å².